The molecule has 3 N–H and O–H groups in total. The number of hydrogen-bond donors (Lipinski definition) is 3. The fraction of sp³-hybridized carbons (Fsp3) is 0.366. The van der Waals surface area contributed by atoms with Crippen LogP contribution in [-0.2, 0) is 43.3 Å². The zero-order valence-electron chi connectivity index (χ0n) is 29.2. The summed E-state index contributed by atoms with van der Waals surface area (Å²) in [5.41, 5.74) is 6.63. The van der Waals surface area contributed by atoms with E-state index in [0.29, 0.717) is 6.42 Å². The number of benzene rings is 4. The van der Waals surface area contributed by atoms with E-state index < -0.39 is 24.3 Å². The van der Waals surface area contributed by atoms with Crippen LogP contribution in [0.2, 0.25) is 0 Å². The quantitative estimate of drug-likeness (QED) is 0.165. The number of aliphatic hydroxyl groups is 1. The SMILES string of the molecule is COC(=O)[C@H](Cc1ccccc1)NC(=O)NCc1ccccc1-c1ccc([C@H]2O[C@@H](CN3CCOCC3)[C@@H](C)[C@@H](c3ccc(CO)cc3)O2)cc1. The minimum Gasteiger partial charge on any atom is -0.467 e. The van der Waals surface area contributed by atoms with Gasteiger partial charge in [0.2, 0.25) is 0 Å². The van der Waals surface area contributed by atoms with Crippen molar-refractivity contribution in [3.63, 3.8) is 0 Å². The summed E-state index contributed by atoms with van der Waals surface area (Å²) in [4.78, 5) is 27.8. The van der Waals surface area contributed by atoms with Crippen LogP contribution in [0.1, 0.15) is 47.1 Å². The molecule has 2 amide bonds. The van der Waals surface area contributed by atoms with Crippen LogP contribution in [0.5, 0.6) is 0 Å². The van der Waals surface area contributed by atoms with E-state index >= 15 is 0 Å². The highest BCUT2D eigenvalue weighted by molar-refractivity contribution is 5.84. The average Bonchev–Trinajstić information content (AvgIpc) is 3.18. The highest BCUT2D eigenvalue weighted by Crippen LogP contribution is 2.42. The maximum atomic E-state index is 13.0. The first-order valence-corrected chi connectivity index (χ1v) is 17.6. The van der Waals surface area contributed by atoms with Crippen molar-refractivity contribution < 1.29 is 33.6 Å². The smallest absolute Gasteiger partial charge is 0.328 e. The van der Waals surface area contributed by atoms with Gasteiger partial charge in [0.1, 0.15) is 6.04 Å². The fourth-order valence-electron chi connectivity index (χ4n) is 6.71. The monoisotopic (exact) mass is 693 g/mol. The zero-order chi connectivity index (χ0) is 35.6. The number of esters is 1. The first kappa shape index (κ1) is 36.2. The van der Waals surface area contributed by atoms with Gasteiger partial charge < -0.3 is 34.7 Å². The van der Waals surface area contributed by atoms with Crippen LogP contribution in [0.25, 0.3) is 11.1 Å². The minimum absolute atomic E-state index is 0.00387. The molecule has 2 aliphatic heterocycles. The Hall–Kier alpha value is -4.58. The molecule has 5 atom stereocenters. The van der Waals surface area contributed by atoms with Gasteiger partial charge in [-0.15, -0.1) is 0 Å². The van der Waals surface area contributed by atoms with Crippen molar-refractivity contribution in [2.75, 3.05) is 40.0 Å². The molecule has 0 aromatic heterocycles. The number of carbonyl (C=O) groups is 2. The third-order valence-electron chi connectivity index (χ3n) is 9.69. The lowest BCUT2D eigenvalue weighted by Gasteiger charge is -2.43. The molecule has 268 valence electrons. The number of nitrogens with zero attached hydrogens (tertiary/aromatic N) is 1. The van der Waals surface area contributed by atoms with E-state index in [1.54, 1.807) is 0 Å². The number of hydrogen-bond acceptors (Lipinski definition) is 8. The van der Waals surface area contributed by atoms with Gasteiger partial charge in [0.15, 0.2) is 6.29 Å². The van der Waals surface area contributed by atoms with Gasteiger partial charge in [-0.05, 0) is 33.4 Å². The molecule has 0 aliphatic carbocycles. The molecule has 0 radical (unpaired) electrons. The Morgan fingerprint density at radius 2 is 1.55 bits per heavy atom. The molecular weight excluding hydrogens is 646 g/mol. The van der Waals surface area contributed by atoms with Crippen molar-refractivity contribution in [3.05, 3.63) is 131 Å². The number of rotatable bonds is 12. The van der Waals surface area contributed by atoms with Crippen molar-refractivity contribution in [2.45, 2.75) is 51.0 Å². The summed E-state index contributed by atoms with van der Waals surface area (Å²) in [7, 11) is 1.31. The molecule has 6 rings (SSSR count). The zero-order valence-corrected chi connectivity index (χ0v) is 29.2. The molecule has 0 unspecified atom stereocenters. The number of urea groups is 1. The third kappa shape index (κ3) is 9.40. The second kappa shape index (κ2) is 17.6. The summed E-state index contributed by atoms with van der Waals surface area (Å²) >= 11 is 0. The van der Waals surface area contributed by atoms with E-state index in [4.69, 9.17) is 18.9 Å². The second-order valence-electron chi connectivity index (χ2n) is 13.1. The van der Waals surface area contributed by atoms with Crippen molar-refractivity contribution in [1.29, 1.82) is 0 Å². The standard InChI is InChI=1S/C41H47N3O7/c1-28-37(26-44-20-22-49-23-21-44)50-40(51-38(28)32-14-12-30(27-45)13-15-32)33-18-16-31(17-19-33)35-11-7-6-10-34(35)25-42-41(47)43-36(39(46)48-2)24-29-8-4-3-5-9-29/h3-19,28,36-38,40,45H,20-27H2,1-2H3,(H2,42,43,47)/t28-,36+,37+,38+,40+/m1/s1. The molecule has 2 saturated heterocycles. The molecule has 2 heterocycles. The maximum absolute atomic E-state index is 13.0. The van der Waals surface area contributed by atoms with Crippen LogP contribution < -0.4 is 10.6 Å². The van der Waals surface area contributed by atoms with E-state index in [1.807, 2.05) is 103 Å². The van der Waals surface area contributed by atoms with Gasteiger partial charge in [0.25, 0.3) is 0 Å². The normalized spacial score (nSPS) is 21.4. The molecule has 4 aromatic carbocycles. The van der Waals surface area contributed by atoms with Crippen LogP contribution in [0, 0.1) is 5.92 Å². The summed E-state index contributed by atoms with van der Waals surface area (Å²) < 4.78 is 23.9. The van der Waals surface area contributed by atoms with Gasteiger partial charge in [0.05, 0.1) is 39.1 Å². The molecule has 10 heteroatoms. The lowest BCUT2D eigenvalue weighted by Crippen LogP contribution is -2.47. The van der Waals surface area contributed by atoms with Gasteiger partial charge in [-0.2, -0.15) is 0 Å². The number of nitrogens with one attached hydrogen (secondary N) is 2. The van der Waals surface area contributed by atoms with Crippen LogP contribution in [0.15, 0.2) is 103 Å². The summed E-state index contributed by atoms with van der Waals surface area (Å²) in [5.74, 6) is -0.408. The van der Waals surface area contributed by atoms with Gasteiger partial charge in [0, 0.05) is 44.1 Å². The molecule has 0 saturated carbocycles. The predicted octanol–water partition coefficient (Wildman–Crippen LogP) is 5.55. The van der Waals surface area contributed by atoms with Gasteiger partial charge >= 0.3 is 12.0 Å². The van der Waals surface area contributed by atoms with Crippen molar-refractivity contribution >= 4 is 12.0 Å². The summed E-state index contributed by atoms with van der Waals surface area (Å²) in [6, 6.07) is 32.3. The molecule has 51 heavy (non-hydrogen) atoms. The van der Waals surface area contributed by atoms with Gasteiger partial charge in [-0.25, -0.2) is 9.59 Å². The number of aliphatic hydroxyl groups excluding tert-OH is 1. The van der Waals surface area contributed by atoms with Crippen LogP contribution in [-0.4, -0.2) is 74.1 Å². The highest BCUT2D eigenvalue weighted by atomic mass is 16.7. The second-order valence-corrected chi connectivity index (χ2v) is 13.1. The topological polar surface area (TPSA) is 119 Å². The number of carbonyl (C=O) groups excluding carboxylic acids is 2. The third-order valence-corrected chi connectivity index (χ3v) is 9.69. The fourth-order valence-corrected chi connectivity index (χ4v) is 6.71. The molecule has 10 nitrogen and oxygen atoms in total. The Bertz CT molecular complexity index is 1710. The Labute approximate surface area is 299 Å². The van der Waals surface area contributed by atoms with Crippen LogP contribution >= 0.6 is 0 Å². The number of morpholine rings is 1. The first-order valence-electron chi connectivity index (χ1n) is 17.6. The average molecular weight is 694 g/mol. The van der Waals surface area contributed by atoms with Gasteiger partial charge in [-0.3, -0.25) is 4.90 Å². The largest absolute Gasteiger partial charge is 0.467 e. The van der Waals surface area contributed by atoms with E-state index in [-0.39, 0.29) is 31.3 Å². The Balaban J connectivity index is 1.15. The van der Waals surface area contributed by atoms with Crippen LogP contribution in [0.4, 0.5) is 4.79 Å². The lowest BCUT2D eigenvalue weighted by atomic mass is 9.90. The number of methoxy groups -OCH3 is 1. The van der Waals surface area contributed by atoms with Crippen molar-refractivity contribution in [3.8, 4) is 11.1 Å². The first-order chi connectivity index (χ1) is 24.9. The van der Waals surface area contributed by atoms with Crippen LogP contribution in [0.3, 0.4) is 0 Å². The Kier molecular flexibility index (Phi) is 12.5. The molecule has 4 aromatic rings. The summed E-state index contributed by atoms with van der Waals surface area (Å²) in [6.07, 6.45) is -0.495. The van der Waals surface area contributed by atoms with Gasteiger partial charge in [-0.1, -0.05) is 110 Å². The lowest BCUT2D eigenvalue weighted by molar-refractivity contribution is -0.277. The van der Waals surface area contributed by atoms with Crippen molar-refractivity contribution in [1.82, 2.24) is 15.5 Å². The van der Waals surface area contributed by atoms with Crippen molar-refractivity contribution in [2.24, 2.45) is 5.92 Å². The highest BCUT2D eigenvalue weighted by Gasteiger charge is 2.39. The molecule has 0 bridgehead atoms. The number of amides is 2. The molecule has 2 aliphatic rings. The maximum Gasteiger partial charge on any atom is 0.328 e. The molecule has 0 spiro atoms. The van der Waals surface area contributed by atoms with E-state index in [1.165, 1.54) is 7.11 Å². The Morgan fingerprint density at radius 1 is 0.863 bits per heavy atom. The summed E-state index contributed by atoms with van der Waals surface area (Å²) in [6.45, 7) is 6.41. The van der Waals surface area contributed by atoms with E-state index in [9.17, 15) is 14.7 Å². The van der Waals surface area contributed by atoms with E-state index in [0.717, 1.165) is 71.8 Å². The Morgan fingerprint density at radius 3 is 2.25 bits per heavy atom. The minimum atomic E-state index is -0.819. The predicted molar refractivity (Wildman–Crippen MR) is 193 cm³/mol. The molecular formula is C41H47N3O7. The molecule has 2 fully saturated rings. The summed E-state index contributed by atoms with van der Waals surface area (Å²) in [5, 5.41) is 15.3. The van der Waals surface area contributed by atoms with E-state index in [2.05, 4.69) is 22.5 Å². The number of ether oxygens (including phenoxy) is 4.